The Morgan fingerprint density at radius 1 is 1.08 bits per heavy atom. The van der Waals surface area contributed by atoms with Crippen molar-refractivity contribution in [3.63, 3.8) is 0 Å². The van der Waals surface area contributed by atoms with Crippen molar-refractivity contribution in [3.8, 4) is 0 Å². The maximum Gasteiger partial charge on any atom is 0.0101 e. The van der Waals surface area contributed by atoms with Crippen LogP contribution in [0.4, 0.5) is 0 Å². The topological polar surface area (TPSA) is 3.24 Å². The Morgan fingerprint density at radius 2 is 1.92 bits per heavy atom. The molecule has 1 heteroatoms. The van der Waals surface area contributed by atoms with E-state index in [1.54, 1.807) is 0 Å². The highest BCUT2D eigenvalue weighted by Gasteiger charge is 2.31. The molecule has 1 nitrogen and oxygen atoms in total. The lowest BCUT2D eigenvalue weighted by molar-refractivity contribution is 0.189. The van der Waals surface area contributed by atoms with Gasteiger partial charge >= 0.3 is 0 Å². The van der Waals surface area contributed by atoms with Gasteiger partial charge in [0.25, 0.3) is 0 Å². The fraction of sp³-hybridized carbons (Fsp3) is 1.00. The van der Waals surface area contributed by atoms with Gasteiger partial charge in [-0.05, 0) is 51.5 Å². The van der Waals surface area contributed by atoms with Crippen LogP contribution in [0.1, 0.15) is 46.0 Å². The molecule has 1 saturated carbocycles. The van der Waals surface area contributed by atoms with Gasteiger partial charge in [0.1, 0.15) is 0 Å². The molecular formula is C11H21N. The van der Waals surface area contributed by atoms with E-state index in [1.807, 2.05) is 0 Å². The summed E-state index contributed by atoms with van der Waals surface area (Å²) in [6.45, 7) is 6.18. The fourth-order valence-corrected chi connectivity index (χ4v) is 2.98. The van der Waals surface area contributed by atoms with E-state index in [0.717, 1.165) is 18.0 Å². The van der Waals surface area contributed by atoms with Crippen LogP contribution in [0, 0.1) is 5.92 Å². The first-order valence-electron chi connectivity index (χ1n) is 5.53. The minimum absolute atomic E-state index is 0.875. The van der Waals surface area contributed by atoms with E-state index in [1.165, 1.54) is 38.6 Å². The molecule has 12 heavy (non-hydrogen) atoms. The first-order valence-corrected chi connectivity index (χ1v) is 5.53. The van der Waals surface area contributed by atoms with Gasteiger partial charge < -0.3 is 0 Å². The van der Waals surface area contributed by atoms with E-state index in [4.69, 9.17) is 0 Å². The average molecular weight is 167 g/mol. The lowest BCUT2D eigenvalue weighted by Gasteiger charge is -2.28. The largest absolute Gasteiger partial charge is 0.298 e. The molecule has 2 aliphatic rings. The number of nitrogens with zero attached hydrogens (tertiary/aromatic N) is 1. The molecule has 2 rings (SSSR count). The Bertz CT molecular complexity index is 155. The zero-order chi connectivity index (χ0) is 8.55. The van der Waals surface area contributed by atoms with Crippen LogP contribution in [0.5, 0.6) is 0 Å². The normalized spacial score (nSPS) is 44.0. The van der Waals surface area contributed by atoms with Crippen molar-refractivity contribution in [1.82, 2.24) is 4.90 Å². The van der Waals surface area contributed by atoms with Gasteiger partial charge in [0.2, 0.25) is 0 Å². The molecule has 0 radical (unpaired) electrons. The van der Waals surface area contributed by atoms with Crippen molar-refractivity contribution >= 4 is 0 Å². The molecule has 0 aromatic rings. The van der Waals surface area contributed by atoms with E-state index in [-0.39, 0.29) is 0 Å². The van der Waals surface area contributed by atoms with Crippen LogP contribution in [0.3, 0.4) is 0 Å². The van der Waals surface area contributed by atoms with Crippen LogP contribution in [0.15, 0.2) is 0 Å². The molecule has 0 aromatic heterocycles. The summed E-state index contributed by atoms with van der Waals surface area (Å²) in [5.41, 5.74) is 0. The highest BCUT2D eigenvalue weighted by molar-refractivity contribution is 4.87. The Kier molecular flexibility index (Phi) is 2.40. The van der Waals surface area contributed by atoms with Crippen LogP contribution in [-0.4, -0.2) is 23.5 Å². The van der Waals surface area contributed by atoms with Crippen LogP contribution in [0.25, 0.3) is 0 Å². The van der Waals surface area contributed by atoms with Crippen LogP contribution in [0.2, 0.25) is 0 Å². The van der Waals surface area contributed by atoms with Gasteiger partial charge in [-0.1, -0.05) is 6.92 Å². The molecule has 0 spiro atoms. The summed E-state index contributed by atoms with van der Waals surface area (Å²) in [7, 11) is 0. The quantitative estimate of drug-likeness (QED) is 0.580. The highest BCUT2D eigenvalue weighted by Crippen LogP contribution is 2.32. The molecule has 0 aromatic carbocycles. The summed E-state index contributed by atoms with van der Waals surface area (Å²) in [6, 6.07) is 1.82. The van der Waals surface area contributed by atoms with Crippen LogP contribution >= 0.6 is 0 Å². The van der Waals surface area contributed by atoms with Crippen molar-refractivity contribution < 1.29 is 0 Å². The van der Waals surface area contributed by atoms with Gasteiger partial charge in [-0.25, -0.2) is 0 Å². The molecule has 0 N–H and O–H groups in total. The monoisotopic (exact) mass is 167 g/mol. The van der Waals surface area contributed by atoms with Crippen molar-refractivity contribution in [2.75, 3.05) is 6.54 Å². The SMILES string of the molecule is CC1CCC(N2CCCC2C)C1. The molecule has 70 valence electrons. The first kappa shape index (κ1) is 8.55. The van der Waals surface area contributed by atoms with Crippen molar-refractivity contribution in [2.45, 2.75) is 58.0 Å². The second-order valence-electron chi connectivity index (χ2n) is 4.80. The highest BCUT2D eigenvalue weighted by atomic mass is 15.2. The Morgan fingerprint density at radius 3 is 2.42 bits per heavy atom. The fourth-order valence-electron chi connectivity index (χ4n) is 2.98. The lowest BCUT2D eigenvalue weighted by atomic mass is 10.1. The van der Waals surface area contributed by atoms with Gasteiger partial charge in [0, 0.05) is 12.1 Å². The summed E-state index contributed by atoms with van der Waals surface area (Å²) >= 11 is 0. The number of rotatable bonds is 1. The number of hydrogen-bond donors (Lipinski definition) is 0. The third-order valence-corrected chi connectivity index (χ3v) is 3.74. The standard InChI is InChI=1S/C11H21N/c1-9-5-6-11(8-9)12-7-3-4-10(12)2/h9-11H,3-8H2,1-2H3. The first-order chi connectivity index (χ1) is 5.77. The van der Waals surface area contributed by atoms with E-state index in [9.17, 15) is 0 Å². The minimum atomic E-state index is 0.875. The molecule has 0 bridgehead atoms. The minimum Gasteiger partial charge on any atom is -0.298 e. The summed E-state index contributed by atoms with van der Waals surface area (Å²) in [4.78, 5) is 2.75. The second kappa shape index (κ2) is 3.37. The van der Waals surface area contributed by atoms with E-state index < -0.39 is 0 Å². The number of likely N-dealkylation sites (tertiary alicyclic amines) is 1. The maximum absolute atomic E-state index is 2.75. The van der Waals surface area contributed by atoms with Crippen LogP contribution in [-0.2, 0) is 0 Å². The van der Waals surface area contributed by atoms with Crippen molar-refractivity contribution in [2.24, 2.45) is 5.92 Å². The van der Waals surface area contributed by atoms with Gasteiger partial charge in [0.05, 0.1) is 0 Å². The Labute approximate surface area is 76.1 Å². The third-order valence-electron chi connectivity index (χ3n) is 3.74. The summed E-state index contributed by atoms with van der Waals surface area (Å²) in [5.74, 6) is 0.989. The summed E-state index contributed by atoms with van der Waals surface area (Å²) < 4.78 is 0. The lowest BCUT2D eigenvalue weighted by Crippen LogP contribution is -2.35. The van der Waals surface area contributed by atoms with Gasteiger partial charge in [-0.15, -0.1) is 0 Å². The Balaban J connectivity index is 1.91. The molecule has 1 aliphatic carbocycles. The molecule has 1 saturated heterocycles. The third kappa shape index (κ3) is 1.52. The molecule has 1 heterocycles. The zero-order valence-corrected chi connectivity index (χ0v) is 8.42. The van der Waals surface area contributed by atoms with Crippen LogP contribution < -0.4 is 0 Å². The van der Waals surface area contributed by atoms with E-state index in [2.05, 4.69) is 18.7 Å². The zero-order valence-electron chi connectivity index (χ0n) is 8.42. The predicted molar refractivity (Wildman–Crippen MR) is 52.2 cm³/mol. The van der Waals surface area contributed by atoms with E-state index in [0.29, 0.717) is 0 Å². The summed E-state index contributed by atoms with van der Waals surface area (Å²) in [6.07, 6.45) is 7.26. The van der Waals surface area contributed by atoms with E-state index >= 15 is 0 Å². The van der Waals surface area contributed by atoms with Crippen molar-refractivity contribution in [1.29, 1.82) is 0 Å². The van der Waals surface area contributed by atoms with Gasteiger partial charge in [0.15, 0.2) is 0 Å². The average Bonchev–Trinajstić information content (AvgIpc) is 2.58. The smallest absolute Gasteiger partial charge is 0.0101 e. The molecule has 3 atom stereocenters. The number of hydrogen-bond acceptors (Lipinski definition) is 1. The summed E-state index contributed by atoms with van der Waals surface area (Å²) in [5, 5.41) is 0. The molecule has 3 unspecified atom stereocenters. The molecular weight excluding hydrogens is 146 g/mol. The van der Waals surface area contributed by atoms with Crippen molar-refractivity contribution in [3.05, 3.63) is 0 Å². The maximum atomic E-state index is 2.75. The Hall–Kier alpha value is -0.0400. The van der Waals surface area contributed by atoms with Gasteiger partial charge in [-0.3, -0.25) is 4.90 Å². The molecule has 0 amide bonds. The predicted octanol–water partition coefficient (Wildman–Crippen LogP) is 2.66. The second-order valence-corrected chi connectivity index (χ2v) is 4.80. The molecule has 2 fully saturated rings. The van der Waals surface area contributed by atoms with Gasteiger partial charge in [-0.2, -0.15) is 0 Å². The molecule has 1 aliphatic heterocycles.